The van der Waals surface area contributed by atoms with Crippen molar-refractivity contribution in [2.45, 2.75) is 6.61 Å². The number of ether oxygens (including phenoxy) is 1. The monoisotopic (exact) mass is 534 g/mol. The molecule has 0 unspecified atom stereocenters. The molecule has 0 spiro atoms. The SMILES string of the molecule is N#C/C(=C\c1ccc(OCc2ccc(Cl)cc2)c(Br)c1)C(=O)Nc1cc(Cl)cc(Cl)c1. The van der Waals surface area contributed by atoms with Crippen LogP contribution in [0.25, 0.3) is 6.08 Å². The Morgan fingerprint density at radius 2 is 1.68 bits per heavy atom. The maximum atomic E-state index is 12.5. The molecule has 1 amide bonds. The molecule has 0 radical (unpaired) electrons. The van der Waals surface area contributed by atoms with Gasteiger partial charge < -0.3 is 10.1 Å². The number of hydrogen-bond acceptors (Lipinski definition) is 3. The largest absolute Gasteiger partial charge is 0.488 e. The zero-order valence-corrected chi connectivity index (χ0v) is 19.7. The molecule has 4 nitrogen and oxygen atoms in total. The summed E-state index contributed by atoms with van der Waals surface area (Å²) in [5.74, 6) is 0.0589. The molecule has 1 N–H and O–H groups in total. The van der Waals surface area contributed by atoms with Crippen molar-refractivity contribution in [1.29, 1.82) is 5.26 Å². The zero-order chi connectivity index (χ0) is 22.4. The van der Waals surface area contributed by atoms with Gasteiger partial charge in [-0.05, 0) is 75.6 Å². The van der Waals surface area contributed by atoms with Crippen LogP contribution in [0.3, 0.4) is 0 Å². The molecule has 0 fully saturated rings. The fourth-order valence-corrected chi connectivity index (χ4v) is 3.77. The van der Waals surface area contributed by atoms with Gasteiger partial charge in [-0.2, -0.15) is 5.26 Å². The minimum atomic E-state index is -0.569. The van der Waals surface area contributed by atoms with Gasteiger partial charge in [-0.15, -0.1) is 0 Å². The smallest absolute Gasteiger partial charge is 0.266 e. The molecular formula is C23H14BrCl3N2O2. The van der Waals surface area contributed by atoms with Crippen LogP contribution in [0, 0.1) is 11.3 Å². The first kappa shape index (κ1) is 23.2. The Labute approximate surface area is 203 Å². The predicted molar refractivity (Wildman–Crippen MR) is 129 cm³/mol. The Morgan fingerprint density at radius 3 is 2.29 bits per heavy atom. The van der Waals surface area contributed by atoms with Crippen LogP contribution < -0.4 is 10.1 Å². The highest BCUT2D eigenvalue weighted by molar-refractivity contribution is 9.10. The normalized spacial score (nSPS) is 11.0. The number of halogens is 4. The van der Waals surface area contributed by atoms with Crippen molar-refractivity contribution in [3.63, 3.8) is 0 Å². The highest BCUT2D eigenvalue weighted by Crippen LogP contribution is 2.28. The van der Waals surface area contributed by atoms with Crippen LogP contribution in [-0.4, -0.2) is 5.91 Å². The maximum Gasteiger partial charge on any atom is 0.266 e. The first-order chi connectivity index (χ1) is 14.8. The molecule has 0 atom stereocenters. The molecule has 8 heteroatoms. The van der Waals surface area contributed by atoms with Gasteiger partial charge in [0.05, 0.1) is 4.47 Å². The molecular weight excluding hydrogens is 523 g/mol. The summed E-state index contributed by atoms with van der Waals surface area (Å²) in [7, 11) is 0. The summed E-state index contributed by atoms with van der Waals surface area (Å²) in [5.41, 5.74) is 1.96. The zero-order valence-electron chi connectivity index (χ0n) is 15.8. The van der Waals surface area contributed by atoms with Gasteiger partial charge >= 0.3 is 0 Å². The van der Waals surface area contributed by atoms with E-state index in [1.807, 2.05) is 18.2 Å². The lowest BCUT2D eigenvalue weighted by Gasteiger charge is -2.09. The number of nitrogens with zero attached hydrogens (tertiary/aromatic N) is 1. The van der Waals surface area contributed by atoms with E-state index in [4.69, 9.17) is 39.5 Å². The Hall–Kier alpha value is -2.49. The van der Waals surface area contributed by atoms with Crippen LogP contribution in [-0.2, 0) is 11.4 Å². The van der Waals surface area contributed by atoms with Gasteiger partial charge in [0, 0.05) is 20.8 Å². The summed E-state index contributed by atoms with van der Waals surface area (Å²) < 4.78 is 6.51. The molecule has 0 bridgehead atoms. The van der Waals surface area contributed by atoms with Crippen molar-refractivity contribution in [2.24, 2.45) is 0 Å². The van der Waals surface area contributed by atoms with Crippen molar-refractivity contribution < 1.29 is 9.53 Å². The number of carbonyl (C=O) groups excluding carboxylic acids is 1. The second kappa shape index (κ2) is 10.7. The van der Waals surface area contributed by atoms with Crippen molar-refractivity contribution in [2.75, 3.05) is 5.32 Å². The average molecular weight is 537 g/mol. The van der Waals surface area contributed by atoms with Crippen LogP contribution in [0.1, 0.15) is 11.1 Å². The Bertz CT molecular complexity index is 1170. The molecule has 31 heavy (non-hydrogen) atoms. The molecule has 0 aliphatic rings. The summed E-state index contributed by atoms with van der Waals surface area (Å²) >= 11 is 21.2. The molecule has 0 aromatic heterocycles. The number of benzene rings is 3. The van der Waals surface area contributed by atoms with Crippen LogP contribution in [0.4, 0.5) is 5.69 Å². The number of nitrogens with one attached hydrogen (secondary N) is 1. The third kappa shape index (κ3) is 6.75. The average Bonchev–Trinajstić information content (AvgIpc) is 2.71. The predicted octanol–water partition coefficient (Wildman–Crippen LogP) is 7.53. The van der Waals surface area contributed by atoms with Gasteiger partial charge in [0.25, 0.3) is 5.91 Å². The van der Waals surface area contributed by atoms with E-state index in [0.717, 1.165) is 5.56 Å². The van der Waals surface area contributed by atoms with Gasteiger partial charge in [0.2, 0.25) is 0 Å². The van der Waals surface area contributed by atoms with Crippen molar-refractivity contribution >= 4 is 68.4 Å². The third-order valence-corrected chi connectivity index (χ3v) is 5.37. The molecule has 0 saturated heterocycles. The standard InChI is InChI=1S/C23H14BrCl3N2O2/c24-21-8-15(3-6-22(21)31-13-14-1-4-17(25)5-2-14)7-16(12-28)23(30)29-20-10-18(26)9-19(27)11-20/h1-11H,13H2,(H,29,30)/b16-7+. The van der Waals surface area contributed by atoms with Crippen molar-refractivity contribution in [1.82, 2.24) is 0 Å². The topological polar surface area (TPSA) is 62.1 Å². The Morgan fingerprint density at radius 1 is 1.00 bits per heavy atom. The summed E-state index contributed by atoms with van der Waals surface area (Å²) in [6.45, 7) is 0.374. The molecule has 156 valence electrons. The van der Waals surface area contributed by atoms with Gasteiger partial charge in [-0.3, -0.25) is 4.79 Å². The quantitative estimate of drug-likeness (QED) is 0.262. The summed E-state index contributed by atoms with van der Waals surface area (Å²) in [6.07, 6.45) is 1.48. The van der Waals surface area contributed by atoms with Crippen molar-refractivity contribution in [3.8, 4) is 11.8 Å². The van der Waals surface area contributed by atoms with E-state index in [1.165, 1.54) is 6.08 Å². The molecule has 0 heterocycles. The minimum absolute atomic E-state index is 0.0715. The van der Waals surface area contributed by atoms with Gasteiger partial charge in [-0.1, -0.05) is 53.0 Å². The maximum absolute atomic E-state index is 12.5. The first-order valence-corrected chi connectivity index (χ1v) is 10.8. The van der Waals surface area contributed by atoms with E-state index in [2.05, 4.69) is 21.2 Å². The third-order valence-electron chi connectivity index (χ3n) is 4.06. The highest BCUT2D eigenvalue weighted by Gasteiger charge is 2.11. The number of carbonyl (C=O) groups is 1. The van der Waals surface area contributed by atoms with Crippen LogP contribution in [0.2, 0.25) is 15.1 Å². The molecule has 3 rings (SSSR count). The van der Waals surface area contributed by atoms with E-state index in [9.17, 15) is 10.1 Å². The number of hydrogen-bond donors (Lipinski definition) is 1. The molecule has 0 saturated carbocycles. The van der Waals surface area contributed by atoms with E-state index < -0.39 is 5.91 Å². The lowest BCUT2D eigenvalue weighted by molar-refractivity contribution is -0.112. The lowest BCUT2D eigenvalue weighted by Crippen LogP contribution is -2.13. The van der Waals surface area contributed by atoms with E-state index in [0.29, 0.717) is 43.1 Å². The molecule has 3 aromatic carbocycles. The van der Waals surface area contributed by atoms with Crippen LogP contribution in [0.5, 0.6) is 5.75 Å². The number of amides is 1. The van der Waals surface area contributed by atoms with E-state index >= 15 is 0 Å². The molecule has 0 aliphatic carbocycles. The number of anilines is 1. The molecule has 0 aliphatic heterocycles. The van der Waals surface area contributed by atoms with Gasteiger partial charge in [0.15, 0.2) is 0 Å². The Kier molecular flexibility index (Phi) is 8.00. The second-order valence-electron chi connectivity index (χ2n) is 6.39. The summed E-state index contributed by atoms with van der Waals surface area (Å²) in [4.78, 5) is 12.5. The van der Waals surface area contributed by atoms with Crippen LogP contribution >= 0.6 is 50.7 Å². The Balaban J connectivity index is 1.71. The fraction of sp³-hybridized carbons (Fsp3) is 0.0435. The lowest BCUT2D eigenvalue weighted by atomic mass is 10.1. The second-order valence-corrected chi connectivity index (χ2v) is 8.55. The minimum Gasteiger partial charge on any atom is -0.488 e. The summed E-state index contributed by atoms with van der Waals surface area (Å²) in [5, 5.41) is 13.5. The first-order valence-electron chi connectivity index (χ1n) is 8.90. The van der Waals surface area contributed by atoms with E-state index in [1.54, 1.807) is 48.5 Å². The van der Waals surface area contributed by atoms with Crippen molar-refractivity contribution in [3.05, 3.63) is 96.9 Å². The van der Waals surface area contributed by atoms with Crippen LogP contribution in [0.15, 0.2) is 70.7 Å². The highest BCUT2D eigenvalue weighted by atomic mass is 79.9. The summed E-state index contributed by atoms with van der Waals surface area (Å²) in [6, 6.07) is 19.2. The van der Waals surface area contributed by atoms with Gasteiger partial charge in [0.1, 0.15) is 24.0 Å². The van der Waals surface area contributed by atoms with Gasteiger partial charge in [-0.25, -0.2) is 0 Å². The number of nitriles is 1. The molecule has 3 aromatic rings. The van der Waals surface area contributed by atoms with E-state index in [-0.39, 0.29) is 5.57 Å². The number of rotatable bonds is 6. The fourth-order valence-electron chi connectivity index (χ4n) is 2.61.